The van der Waals surface area contributed by atoms with E-state index in [0.717, 1.165) is 36.4 Å². The number of hydrogen-bond donors (Lipinski definition) is 12. The Balaban J connectivity index is 1.68. The predicted molar refractivity (Wildman–Crippen MR) is 179 cm³/mol. The first-order valence-electron chi connectivity index (χ1n) is 14.4. The monoisotopic (exact) mass is 813 g/mol. The molecule has 0 atom stereocenters. The molecule has 0 saturated carbocycles. The van der Waals surface area contributed by atoms with Gasteiger partial charge in [0.15, 0.2) is 34.5 Å². The van der Waals surface area contributed by atoms with Crippen molar-refractivity contribution < 1.29 is 83.9 Å². The summed E-state index contributed by atoms with van der Waals surface area (Å²) < 4.78 is 97.3. The number of carbonyl (C=O) groups is 3. The average molecular weight is 814 g/mol. The molecule has 12 N–H and O–H groups in total. The first kappa shape index (κ1) is 40.6. The first-order valence-corrected chi connectivity index (χ1v) is 18.8. The van der Waals surface area contributed by atoms with Gasteiger partial charge in [0.05, 0.1) is 14.7 Å². The fourth-order valence-electron chi connectivity index (χ4n) is 4.65. The molecule has 24 heteroatoms. The molecular formula is C30H27N3O18S3. The average Bonchev–Trinajstić information content (AvgIpc) is 3.07. The van der Waals surface area contributed by atoms with Gasteiger partial charge in [-0.3, -0.25) is 28.0 Å². The second kappa shape index (κ2) is 15.0. The van der Waals surface area contributed by atoms with Crippen LogP contribution in [-0.4, -0.2) is 87.3 Å². The van der Waals surface area contributed by atoms with E-state index in [1.165, 1.54) is 0 Å². The molecule has 4 aromatic rings. The molecule has 0 unspecified atom stereocenters. The van der Waals surface area contributed by atoms with Crippen LogP contribution in [0.1, 0.15) is 47.8 Å². The van der Waals surface area contributed by atoms with Gasteiger partial charge in [-0.15, -0.1) is 0 Å². The van der Waals surface area contributed by atoms with Crippen LogP contribution in [0.3, 0.4) is 0 Å². The van der Waals surface area contributed by atoms with Crippen molar-refractivity contribution in [2.24, 2.45) is 0 Å². The topological polar surface area (TPSA) is 372 Å². The maximum atomic E-state index is 13.3. The van der Waals surface area contributed by atoms with Gasteiger partial charge in [0, 0.05) is 71.2 Å². The van der Waals surface area contributed by atoms with Crippen LogP contribution in [0.4, 0.5) is 0 Å². The van der Waals surface area contributed by atoms with Gasteiger partial charge in [-0.1, -0.05) is 0 Å². The second-order valence-corrected chi connectivity index (χ2v) is 15.4. The van der Waals surface area contributed by atoms with E-state index < -0.39 is 150 Å². The lowest BCUT2D eigenvalue weighted by Crippen LogP contribution is -2.28. The van der Waals surface area contributed by atoms with E-state index in [9.17, 15) is 83.9 Å². The van der Waals surface area contributed by atoms with Crippen molar-refractivity contribution in [1.82, 2.24) is 16.0 Å². The third-order valence-electron chi connectivity index (χ3n) is 7.36. The summed E-state index contributed by atoms with van der Waals surface area (Å²) in [4.78, 5) is 37.3. The standard InChI is InChI=1S/C30H27N3O18S3/c34-22-7-19(52(43,44)45)4-16(25(22)37)10-31-28(40)13-1-14(29(41)32-11-17-5-20(53(46,47)48)8-23(35)26(17)38)3-15(2-13)30(42)33-12-18-6-21(54(49,50)51)9-24(36)27(18)39/h1-9,34-39H,10-12H2,(H,31,40)(H,32,41)(H,33,42)(H,43,44,45)(H,46,47,48)(H,49,50,51). The highest BCUT2D eigenvalue weighted by molar-refractivity contribution is 7.86. The molecule has 3 amide bonds. The summed E-state index contributed by atoms with van der Waals surface area (Å²) in [6, 6.07) is 6.51. The van der Waals surface area contributed by atoms with Gasteiger partial charge in [0.2, 0.25) is 0 Å². The highest BCUT2D eigenvalue weighted by Gasteiger charge is 2.23. The van der Waals surface area contributed by atoms with Crippen molar-refractivity contribution in [2.75, 3.05) is 0 Å². The number of aromatic hydroxyl groups is 6. The van der Waals surface area contributed by atoms with Crippen LogP contribution in [0.5, 0.6) is 34.5 Å². The number of rotatable bonds is 12. The summed E-state index contributed by atoms with van der Waals surface area (Å²) in [5.41, 5.74) is -2.63. The summed E-state index contributed by atoms with van der Waals surface area (Å²) in [6.07, 6.45) is 0. The minimum atomic E-state index is -4.88. The molecule has 21 nitrogen and oxygen atoms in total. The smallest absolute Gasteiger partial charge is 0.294 e. The Morgan fingerprint density at radius 3 is 0.833 bits per heavy atom. The van der Waals surface area contributed by atoms with Crippen molar-refractivity contribution >= 4 is 48.1 Å². The number of phenolic OH excluding ortho intramolecular Hbond substituents is 6. The summed E-state index contributed by atoms with van der Waals surface area (Å²) in [5, 5.41) is 66.9. The normalized spacial score (nSPS) is 11.8. The van der Waals surface area contributed by atoms with E-state index >= 15 is 0 Å². The zero-order valence-electron chi connectivity index (χ0n) is 26.7. The molecule has 288 valence electrons. The summed E-state index contributed by atoms with van der Waals surface area (Å²) in [5.74, 6) is -8.85. The van der Waals surface area contributed by atoms with Crippen molar-refractivity contribution in [1.29, 1.82) is 0 Å². The zero-order valence-corrected chi connectivity index (χ0v) is 29.2. The van der Waals surface area contributed by atoms with E-state index in [0.29, 0.717) is 18.2 Å². The lowest BCUT2D eigenvalue weighted by Gasteiger charge is -2.14. The second-order valence-electron chi connectivity index (χ2n) is 11.1. The quantitative estimate of drug-likeness (QED) is 0.0682. The maximum absolute atomic E-state index is 13.3. The summed E-state index contributed by atoms with van der Waals surface area (Å²) >= 11 is 0. The Kier molecular flexibility index (Phi) is 11.3. The lowest BCUT2D eigenvalue weighted by atomic mass is 10.0. The van der Waals surface area contributed by atoms with Crippen LogP contribution in [0.15, 0.2) is 69.3 Å². The highest BCUT2D eigenvalue weighted by atomic mass is 32.2. The third kappa shape index (κ3) is 9.43. The minimum Gasteiger partial charge on any atom is -0.504 e. The third-order valence-corrected chi connectivity index (χ3v) is 9.85. The fraction of sp³-hybridized carbons (Fsp3) is 0.100. The molecule has 4 aromatic carbocycles. The maximum Gasteiger partial charge on any atom is 0.294 e. The molecule has 0 radical (unpaired) electrons. The van der Waals surface area contributed by atoms with Gasteiger partial charge in [-0.2, -0.15) is 25.3 Å². The highest BCUT2D eigenvalue weighted by Crippen LogP contribution is 2.34. The van der Waals surface area contributed by atoms with Gasteiger partial charge in [-0.05, 0) is 36.4 Å². The summed E-state index contributed by atoms with van der Waals surface area (Å²) in [6.45, 7) is -2.13. The van der Waals surface area contributed by atoms with E-state index in [4.69, 9.17) is 0 Å². The number of phenols is 6. The zero-order chi connectivity index (χ0) is 40.5. The van der Waals surface area contributed by atoms with Crippen LogP contribution in [0.25, 0.3) is 0 Å². The van der Waals surface area contributed by atoms with E-state index in [1.807, 2.05) is 0 Å². The Morgan fingerprint density at radius 1 is 0.407 bits per heavy atom. The SMILES string of the molecule is O=C(NCc1cc(S(=O)(=O)O)cc(O)c1O)c1cc(C(=O)NCc2cc(S(=O)(=O)O)cc(O)c2O)cc(C(=O)NCc2cc(S(=O)(=O)O)cc(O)c2O)c1. The molecule has 0 heterocycles. The molecule has 0 aliphatic carbocycles. The lowest BCUT2D eigenvalue weighted by molar-refractivity contribution is 0.0950. The minimum absolute atomic E-state index is 0.409. The molecule has 0 aromatic heterocycles. The van der Waals surface area contributed by atoms with Crippen molar-refractivity contribution in [3.8, 4) is 34.5 Å². The van der Waals surface area contributed by atoms with Crippen molar-refractivity contribution in [2.45, 2.75) is 34.3 Å². The Labute approximate surface area is 304 Å². The molecule has 0 aliphatic heterocycles. The Bertz CT molecular complexity index is 2260. The molecule has 0 aliphatic rings. The largest absolute Gasteiger partial charge is 0.504 e. The van der Waals surface area contributed by atoms with E-state index in [-0.39, 0.29) is 0 Å². The number of nitrogens with one attached hydrogen (secondary N) is 3. The van der Waals surface area contributed by atoms with Gasteiger partial charge < -0.3 is 46.6 Å². The van der Waals surface area contributed by atoms with Gasteiger partial charge >= 0.3 is 0 Å². The van der Waals surface area contributed by atoms with Crippen LogP contribution in [-0.2, 0) is 50.0 Å². The first-order chi connectivity index (χ1) is 24.9. The van der Waals surface area contributed by atoms with Crippen molar-refractivity contribution in [3.05, 3.63) is 88.0 Å². The molecule has 4 rings (SSSR count). The molecule has 0 saturated heterocycles. The van der Waals surface area contributed by atoms with Gasteiger partial charge in [0.25, 0.3) is 48.1 Å². The predicted octanol–water partition coefficient (Wildman–Crippen LogP) is 0.450. The number of carbonyl (C=O) groups excluding carboxylic acids is 3. The van der Waals surface area contributed by atoms with E-state index in [1.54, 1.807) is 0 Å². The molecule has 0 bridgehead atoms. The van der Waals surface area contributed by atoms with Crippen LogP contribution < -0.4 is 16.0 Å². The number of benzene rings is 4. The van der Waals surface area contributed by atoms with Gasteiger partial charge in [-0.25, -0.2) is 0 Å². The fourth-order valence-corrected chi connectivity index (χ4v) is 6.31. The Morgan fingerprint density at radius 2 is 0.630 bits per heavy atom. The van der Waals surface area contributed by atoms with Crippen LogP contribution in [0, 0.1) is 0 Å². The molecule has 0 spiro atoms. The van der Waals surface area contributed by atoms with Crippen molar-refractivity contribution in [3.63, 3.8) is 0 Å². The number of amides is 3. The molecular weight excluding hydrogens is 787 g/mol. The molecule has 0 fully saturated rings. The van der Waals surface area contributed by atoms with Crippen LogP contribution >= 0.6 is 0 Å². The van der Waals surface area contributed by atoms with Crippen LogP contribution in [0.2, 0.25) is 0 Å². The Hall–Kier alpha value is -6.18. The number of hydrogen-bond acceptors (Lipinski definition) is 15. The van der Waals surface area contributed by atoms with E-state index in [2.05, 4.69) is 16.0 Å². The van der Waals surface area contributed by atoms with Gasteiger partial charge in [0.1, 0.15) is 0 Å². The molecule has 54 heavy (non-hydrogen) atoms. The summed E-state index contributed by atoms with van der Waals surface area (Å²) in [7, 11) is -14.6.